The smallest absolute Gasteiger partial charge is 0.0464 e. The van der Waals surface area contributed by atoms with Gasteiger partial charge in [-0.25, -0.2) is 0 Å². The summed E-state index contributed by atoms with van der Waals surface area (Å²) >= 11 is 0. The highest BCUT2D eigenvalue weighted by atomic mass is 15.1. The largest absolute Gasteiger partial charge is 0.310 e. The van der Waals surface area contributed by atoms with Crippen LogP contribution in [0.2, 0.25) is 0 Å². The van der Waals surface area contributed by atoms with Crippen molar-refractivity contribution in [1.82, 2.24) is 0 Å². The second kappa shape index (κ2) is 17.0. The molecule has 0 unspecified atom stereocenters. The predicted octanol–water partition coefficient (Wildman–Crippen LogP) is 17.1. The first-order valence-electron chi connectivity index (χ1n) is 21.3. The minimum atomic E-state index is 1.10. The van der Waals surface area contributed by atoms with E-state index in [0.29, 0.717) is 0 Å². The quantitative estimate of drug-likeness (QED) is 0.136. The van der Waals surface area contributed by atoms with Crippen LogP contribution in [-0.4, -0.2) is 0 Å². The van der Waals surface area contributed by atoms with Gasteiger partial charge < -0.3 is 9.80 Å². The third kappa shape index (κ3) is 7.44. The molecule has 0 saturated carbocycles. The molecule has 10 rings (SSSR count). The van der Waals surface area contributed by atoms with E-state index in [9.17, 15) is 0 Å². The minimum absolute atomic E-state index is 1.10. The number of hydrogen-bond acceptors (Lipinski definition) is 2. The fraction of sp³-hybridized carbons (Fsp3) is 0.0333. The first-order chi connectivity index (χ1) is 30.6. The van der Waals surface area contributed by atoms with E-state index in [1.165, 1.54) is 55.3 Å². The zero-order chi connectivity index (χ0) is 41.8. The molecular formula is C60H46N2. The molecule has 0 spiro atoms. The van der Waals surface area contributed by atoms with Crippen LogP contribution >= 0.6 is 0 Å². The third-order valence-electron chi connectivity index (χ3n) is 11.7. The Bertz CT molecular complexity index is 2890. The van der Waals surface area contributed by atoms with E-state index in [2.05, 4.69) is 266 Å². The molecule has 0 fully saturated rings. The maximum Gasteiger partial charge on any atom is 0.0464 e. The number of anilines is 6. The molecule has 0 saturated heterocycles. The lowest BCUT2D eigenvalue weighted by molar-refractivity contribution is 1.27. The van der Waals surface area contributed by atoms with E-state index >= 15 is 0 Å². The van der Waals surface area contributed by atoms with Crippen molar-refractivity contribution in [3.8, 4) is 44.5 Å². The highest BCUT2D eigenvalue weighted by Gasteiger charge is 2.25. The van der Waals surface area contributed by atoms with Crippen LogP contribution in [0.25, 0.3) is 55.3 Å². The summed E-state index contributed by atoms with van der Waals surface area (Å²) in [6.07, 6.45) is 0. The van der Waals surface area contributed by atoms with E-state index in [4.69, 9.17) is 0 Å². The summed E-state index contributed by atoms with van der Waals surface area (Å²) in [5.41, 5.74) is 18.7. The summed E-state index contributed by atoms with van der Waals surface area (Å²) in [5, 5.41) is 2.42. The molecule has 0 aliphatic heterocycles. The molecule has 0 radical (unpaired) electrons. The molecule has 10 aromatic rings. The molecule has 0 atom stereocenters. The first kappa shape index (κ1) is 38.3. The lowest BCUT2D eigenvalue weighted by atomic mass is 9.79. The van der Waals surface area contributed by atoms with E-state index < -0.39 is 0 Å². The minimum Gasteiger partial charge on any atom is -0.310 e. The third-order valence-corrected chi connectivity index (χ3v) is 11.7. The molecule has 0 heterocycles. The van der Waals surface area contributed by atoms with Crippen LogP contribution in [0.3, 0.4) is 0 Å². The molecule has 0 amide bonds. The summed E-state index contributed by atoms with van der Waals surface area (Å²) in [4.78, 5) is 4.68. The van der Waals surface area contributed by atoms with Gasteiger partial charge in [0.25, 0.3) is 0 Å². The fourth-order valence-electron chi connectivity index (χ4n) is 8.96. The van der Waals surface area contributed by atoms with Gasteiger partial charge in [0.2, 0.25) is 0 Å². The molecule has 0 N–H and O–H groups in total. The van der Waals surface area contributed by atoms with Crippen LogP contribution in [0.4, 0.5) is 34.1 Å². The molecular weight excluding hydrogens is 749 g/mol. The molecule has 296 valence electrons. The highest BCUT2D eigenvalue weighted by molar-refractivity contribution is 6.18. The summed E-state index contributed by atoms with van der Waals surface area (Å²) < 4.78 is 0. The van der Waals surface area contributed by atoms with Crippen molar-refractivity contribution in [3.05, 3.63) is 254 Å². The van der Waals surface area contributed by atoms with Crippen LogP contribution in [0.1, 0.15) is 11.1 Å². The summed E-state index contributed by atoms with van der Waals surface area (Å²) in [6.45, 7) is 4.30. The van der Waals surface area contributed by atoms with Gasteiger partial charge in [-0.05, 0) is 153 Å². The molecule has 62 heavy (non-hydrogen) atoms. The Hall–Kier alpha value is -7.94. The van der Waals surface area contributed by atoms with Crippen molar-refractivity contribution >= 4 is 44.9 Å². The van der Waals surface area contributed by atoms with Crippen molar-refractivity contribution in [2.75, 3.05) is 9.80 Å². The number of benzene rings is 10. The van der Waals surface area contributed by atoms with Gasteiger partial charge in [0.1, 0.15) is 0 Å². The van der Waals surface area contributed by atoms with Gasteiger partial charge in [-0.1, -0.05) is 170 Å². The Labute approximate surface area is 365 Å². The molecule has 2 heteroatoms. The van der Waals surface area contributed by atoms with Crippen molar-refractivity contribution < 1.29 is 0 Å². The monoisotopic (exact) mass is 794 g/mol. The zero-order valence-electron chi connectivity index (χ0n) is 35.0. The molecule has 0 bridgehead atoms. The topological polar surface area (TPSA) is 6.48 Å². The van der Waals surface area contributed by atoms with Gasteiger partial charge >= 0.3 is 0 Å². The number of para-hydroxylation sites is 2. The predicted molar refractivity (Wildman–Crippen MR) is 265 cm³/mol. The van der Waals surface area contributed by atoms with E-state index in [1.807, 2.05) is 0 Å². The second-order valence-electron chi connectivity index (χ2n) is 15.9. The van der Waals surface area contributed by atoms with E-state index in [0.717, 1.165) is 45.3 Å². The maximum absolute atomic E-state index is 2.34. The summed E-state index contributed by atoms with van der Waals surface area (Å²) in [5.74, 6) is 0. The van der Waals surface area contributed by atoms with Crippen LogP contribution in [0.5, 0.6) is 0 Å². The zero-order valence-corrected chi connectivity index (χ0v) is 35.0. The van der Waals surface area contributed by atoms with Crippen LogP contribution in [-0.2, 0) is 0 Å². The molecule has 0 aromatic heterocycles. The lowest BCUT2D eigenvalue weighted by Gasteiger charge is -2.27. The highest BCUT2D eigenvalue weighted by Crippen LogP contribution is 2.51. The normalized spacial score (nSPS) is 11.1. The van der Waals surface area contributed by atoms with Crippen molar-refractivity contribution in [2.24, 2.45) is 0 Å². The Kier molecular flexibility index (Phi) is 10.5. The van der Waals surface area contributed by atoms with Gasteiger partial charge in [0.15, 0.2) is 0 Å². The van der Waals surface area contributed by atoms with Crippen LogP contribution in [0.15, 0.2) is 243 Å². The Balaban J connectivity index is 1.20. The van der Waals surface area contributed by atoms with Gasteiger partial charge in [-0.15, -0.1) is 0 Å². The van der Waals surface area contributed by atoms with Crippen LogP contribution in [0, 0.1) is 13.8 Å². The number of rotatable bonds is 10. The standard InChI is InChI=1S/C60H46N2/c1-43-19-17-29-53(41-43)61(49-25-11-5-12-26-49)51-37-33-47(34-38-51)57-55-31-15-16-32-56(55)58(60(46-23-9-4-10-24-46)59(57)45-21-7-3-8-22-45)48-35-39-52(40-36-48)62(50-27-13-6-14-28-50)54-30-18-20-44(2)42-54/h3-42H,1-2H3. The Morgan fingerprint density at radius 1 is 0.226 bits per heavy atom. The number of aryl methyl sites for hydroxylation is 2. The molecule has 0 aliphatic rings. The average Bonchev–Trinajstić information content (AvgIpc) is 3.33. The number of nitrogens with zero attached hydrogens (tertiary/aromatic N) is 2. The van der Waals surface area contributed by atoms with Crippen molar-refractivity contribution in [3.63, 3.8) is 0 Å². The Morgan fingerprint density at radius 2 is 0.516 bits per heavy atom. The number of hydrogen-bond donors (Lipinski definition) is 0. The SMILES string of the molecule is Cc1cccc(N(c2ccccc2)c2ccc(-c3c(-c4ccccc4)c(-c4ccccc4)c(-c4ccc(N(c5ccccc5)c5cccc(C)c5)cc4)c4ccccc34)cc2)c1. The fourth-order valence-corrected chi connectivity index (χ4v) is 8.96. The lowest BCUT2D eigenvalue weighted by Crippen LogP contribution is -2.10. The second-order valence-corrected chi connectivity index (χ2v) is 15.9. The number of fused-ring (bicyclic) bond motifs is 1. The molecule has 10 aromatic carbocycles. The molecule has 0 aliphatic carbocycles. The van der Waals surface area contributed by atoms with Crippen LogP contribution < -0.4 is 9.80 Å². The summed E-state index contributed by atoms with van der Waals surface area (Å²) in [7, 11) is 0. The van der Waals surface area contributed by atoms with Crippen molar-refractivity contribution in [1.29, 1.82) is 0 Å². The molecule has 2 nitrogen and oxygen atoms in total. The van der Waals surface area contributed by atoms with Gasteiger partial charge in [0, 0.05) is 34.1 Å². The maximum atomic E-state index is 2.34. The average molecular weight is 795 g/mol. The van der Waals surface area contributed by atoms with Crippen molar-refractivity contribution in [2.45, 2.75) is 13.8 Å². The van der Waals surface area contributed by atoms with Gasteiger partial charge in [-0.3, -0.25) is 0 Å². The van der Waals surface area contributed by atoms with E-state index in [1.54, 1.807) is 0 Å². The Morgan fingerprint density at radius 3 is 0.871 bits per heavy atom. The van der Waals surface area contributed by atoms with Gasteiger partial charge in [0.05, 0.1) is 0 Å². The van der Waals surface area contributed by atoms with E-state index in [-0.39, 0.29) is 0 Å². The van der Waals surface area contributed by atoms with Gasteiger partial charge in [-0.2, -0.15) is 0 Å². The summed E-state index contributed by atoms with van der Waals surface area (Å²) in [6, 6.07) is 87.9. The first-order valence-corrected chi connectivity index (χ1v) is 21.3.